The van der Waals surface area contributed by atoms with Gasteiger partial charge in [0.05, 0.1) is 55.3 Å². The van der Waals surface area contributed by atoms with Gasteiger partial charge >= 0.3 is 10.2 Å². The number of carbonyl (C=O) groups is 1. The van der Waals surface area contributed by atoms with E-state index in [9.17, 15) is 17.6 Å². The van der Waals surface area contributed by atoms with Crippen molar-refractivity contribution in [2.45, 2.75) is 6.92 Å². The van der Waals surface area contributed by atoms with E-state index in [-0.39, 0.29) is 53.2 Å². The van der Waals surface area contributed by atoms with Crippen molar-refractivity contribution in [3.05, 3.63) is 83.6 Å². The summed E-state index contributed by atoms with van der Waals surface area (Å²) in [5.74, 6) is -0.362. The zero-order valence-corrected chi connectivity index (χ0v) is 24.5. The molecule has 228 valence electrons. The van der Waals surface area contributed by atoms with Gasteiger partial charge in [-0.1, -0.05) is 12.1 Å². The number of aryl methyl sites for hydroxylation is 1. The van der Waals surface area contributed by atoms with Crippen LogP contribution in [0.25, 0.3) is 16.6 Å². The van der Waals surface area contributed by atoms with Gasteiger partial charge in [0.2, 0.25) is 11.7 Å². The molecule has 1 aliphatic heterocycles. The minimum absolute atomic E-state index is 0.0382. The molecule has 1 saturated heterocycles. The number of halogens is 1. The van der Waals surface area contributed by atoms with Gasteiger partial charge in [-0.05, 0) is 42.8 Å². The van der Waals surface area contributed by atoms with Gasteiger partial charge in [0, 0.05) is 30.1 Å². The van der Waals surface area contributed by atoms with E-state index in [2.05, 4.69) is 19.8 Å². The van der Waals surface area contributed by atoms with Crippen LogP contribution in [0.4, 0.5) is 15.9 Å². The van der Waals surface area contributed by atoms with Crippen LogP contribution >= 0.6 is 0 Å². The highest BCUT2D eigenvalue weighted by atomic mass is 32.2. The first-order valence-corrected chi connectivity index (χ1v) is 14.9. The smallest absolute Gasteiger partial charge is 0.301 e. The molecule has 0 unspecified atom stereocenters. The average Bonchev–Trinajstić information content (AvgIpc) is 3.61. The molecule has 15 heteroatoms. The summed E-state index contributed by atoms with van der Waals surface area (Å²) in [6.07, 6.45) is 2.83. The summed E-state index contributed by atoms with van der Waals surface area (Å²) in [4.78, 5) is 20.8. The summed E-state index contributed by atoms with van der Waals surface area (Å²) in [6.45, 7) is 2.87. The maximum atomic E-state index is 14.0. The number of para-hydroxylation sites is 1. The molecule has 0 atom stereocenters. The normalized spacial score (nSPS) is 14.1. The van der Waals surface area contributed by atoms with Crippen molar-refractivity contribution in [3.8, 4) is 23.1 Å². The number of aromatic nitrogens is 4. The lowest BCUT2D eigenvalue weighted by atomic mass is 10.1. The molecule has 4 heterocycles. The third kappa shape index (κ3) is 5.55. The largest absolute Gasteiger partial charge is 0.495 e. The summed E-state index contributed by atoms with van der Waals surface area (Å²) in [5, 5.41) is 4.93. The standard InChI is InChI=1S/C29H28FN7O6S/c1-17-11-27(43-25-6-4-3-5-20(25)30)32-16-24(17)37-29(31)19(15-33-37)28(38)23-12-18-13-26(41-2)22(14-21(18)34-23)35-44(39,40)36-7-9-42-10-8-36/h3-6,11-16,34-35H,7-10,31H2,1-2H3. The molecule has 44 heavy (non-hydrogen) atoms. The molecular weight excluding hydrogens is 593 g/mol. The Hall–Kier alpha value is -4.99. The summed E-state index contributed by atoms with van der Waals surface area (Å²) in [5.41, 5.74) is 8.62. The predicted octanol–water partition coefficient (Wildman–Crippen LogP) is 3.80. The van der Waals surface area contributed by atoms with E-state index in [1.165, 1.54) is 40.6 Å². The minimum atomic E-state index is -3.86. The van der Waals surface area contributed by atoms with Gasteiger partial charge in [-0.15, -0.1) is 0 Å². The van der Waals surface area contributed by atoms with Gasteiger partial charge in [-0.2, -0.15) is 17.8 Å². The average molecular weight is 622 g/mol. The molecule has 3 aromatic heterocycles. The number of H-pyrrole nitrogens is 1. The Kier molecular flexibility index (Phi) is 7.67. The number of hydrogen-bond donors (Lipinski definition) is 3. The zero-order valence-electron chi connectivity index (χ0n) is 23.7. The number of methoxy groups -OCH3 is 1. The number of aromatic amines is 1. The minimum Gasteiger partial charge on any atom is -0.495 e. The topological polar surface area (TPSA) is 167 Å². The third-order valence-corrected chi connectivity index (χ3v) is 8.65. The lowest BCUT2D eigenvalue weighted by molar-refractivity contribution is 0.0733. The molecule has 4 N–H and O–H groups in total. The quantitative estimate of drug-likeness (QED) is 0.208. The highest BCUT2D eigenvalue weighted by Crippen LogP contribution is 2.33. The van der Waals surface area contributed by atoms with Crippen LogP contribution in [0.3, 0.4) is 0 Å². The molecule has 0 saturated carbocycles. The van der Waals surface area contributed by atoms with Crippen molar-refractivity contribution in [3.63, 3.8) is 0 Å². The van der Waals surface area contributed by atoms with Crippen molar-refractivity contribution in [1.82, 2.24) is 24.1 Å². The number of carbonyl (C=O) groups excluding carboxylic acids is 1. The molecule has 5 aromatic rings. The molecular formula is C29H28FN7O6S. The van der Waals surface area contributed by atoms with Crippen molar-refractivity contribution in [2.75, 3.05) is 43.9 Å². The van der Waals surface area contributed by atoms with Crippen molar-refractivity contribution >= 4 is 38.4 Å². The number of rotatable bonds is 9. The van der Waals surface area contributed by atoms with Crippen LogP contribution in [0.2, 0.25) is 0 Å². The van der Waals surface area contributed by atoms with Crippen LogP contribution in [0.15, 0.2) is 60.9 Å². The van der Waals surface area contributed by atoms with Crippen molar-refractivity contribution < 1.29 is 31.8 Å². The second-order valence-electron chi connectivity index (χ2n) is 9.97. The number of nitrogens with two attached hydrogens (primary N) is 1. The van der Waals surface area contributed by atoms with E-state index < -0.39 is 21.8 Å². The Morgan fingerprint density at radius 1 is 1.11 bits per heavy atom. The molecule has 0 radical (unpaired) electrons. The van der Waals surface area contributed by atoms with Gasteiger partial charge in [-0.25, -0.2) is 14.1 Å². The van der Waals surface area contributed by atoms with E-state index in [4.69, 9.17) is 19.9 Å². The van der Waals surface area contributed by atoms with E-state index in [0.29, 0.717) is 35.4 Å². The van der Waals surface area contributed by atoms with Crippen LogP contribution in [0.1, 0.15) is 21.6 Å². The van der Waals surface area contributed by atoms with E-state index >= 15 is 0 Å². The second-order valence-corrected chi connectivity index (χ2v) is 11.6. The van der Waals surface area contributed by atoms with Crippen molar-refractivity contribution in [2.24, 2.45) is 0 Å². The molecule has 0 aliphatic carbocycles. The Labute approximate surface area is 251 Å². The maximum Gasteiger partial charge on any atom is 0.301 e. The Morgan fingerprint density at radius 2 is 1.89 bits per heavy atom. The van der Waals surface area contributed by atoms with Crippen LogP contribution in [-0.2, 0) is 14.9 Å². The number of nitrogens with one attached hydrogen (secondary N) is 2. The summed E-state index contributed by atoms with van der Waals surface area (Å²) in [6, 6.07) is 12.4. The number of hydrogen-bond acceptors (Lipinski definition) is 9. The number of anilines is 2. The highest BCUT2D eigenvalue weighted by Gasteiger charge is 2.26. The molecule has 13 nitrogen and oxygen atoms in total. The molecule has 0 amide bonds. The fourth-order valence-corrected chi connectivity index (χ4v) is 6.03. The number of fused-ring (bicyclic) bond motifs is 1. The fourth-order valence-electron chi connectivity index (χ4n) is 4.83. The van der Waals surface area contributed by atoms with E-state index in [0.717, 1.165) is 0 Å². The first-order chi connectivity index (χ1) is 21.1. The van der Waals surface area contributed by atoms with Gasteiger partial charge in [0.25, 0.3) is 0 Å². The number of ether oxygens (including phenoxy) is 3. The van der Waals surface area contributed by atoms with E-state index in [1.54, 1.807) is 43.3 Å². The maximum absolute atomic E-state index is 14.0. The summed E-state index contributed by atoms with van der Waals surface area (Å²) < 4.78 is 61.4. The first kappa shape index (κ1) is 29.1. The number of nitrogens with zero attached hydrogens (tertiary/aromatic N) is 4. The van der Waals surface area contributed by atoms with Crippen LogP contribution in [0.5, 0.6) is 17.4 Å². The first-order valence-electron chi connectivity index (χ1n) is 13.5. The molecule has 6 rings (SSSR count). The monoisotopic (exact) mass is 621 g/mol. The lowest BCUT2D eigenvalue weighted by Gasteiger charge is -2.26. The van der Waals surface area contributed by atoms with Gasteiger partial charge in [-0.3, -0.25) is 9.52 Å². The van der Waals surface area contributed by atoms with Crippen LogP contribution < -0.4 is 19.9 Å². The number of ketones is 1. The number of nitrogen functional groups attached to an aromatic ring is 1. The highest BCUT2D eigenvalue weighted by molar-refractivity contribution is 7.90. The van der Waals surface area contributed by atoms with Gasteiger partial charge in [0.1, 0.15) is 11.6 Å². The summed E-state index contributed by atoms with van der Waals surface area (Å²) >= 11 is 0. The molecule has 0 bridgehead atoms. The second kappa shape index (κ2) is 11.6. The number of benzene rings is 2. The predicted molar refractivity (Wildman–Crippen MR) is 160 cm³/mol. The molecule has 1 aliphatic rings. The van der Waals surface area contributed by atoms with Crippen LogP contribution in [-0.4, -0.2) is 71.7 Å². The summed E-state index contributed by atoms with van der Waals surface area (Å²) in [7, 11) is -2.43. The number of pyridine rings is 1. The SMILES string of the molecule is COc1cc2cc(C(=O)c3cnn(-c4cnc(Oc5ccccc5F)cc4C)c3N)[nH]c2cc1NS(=O)(=O)N1CCOCC1. The zero-order chi connectivity index (χ0) is 31.0. The van der Waals surface area contributed by atoms with Crippen LogP contribution in [0, 0.1) is 12.7 Å². The van der Waals surface area contributed by atoms with Gasteiger partial charge in [0.15, 0.2) is 11.6 Å². The van der Waals surface area contributed by atoms with Gasteiger partial charge < -0.3 is 24.9 Å². The molecule has 0 spiro atoms. The third-order valence-electron chi connectivity index (χ3n) is 7.12. The lowest BCUT2D eigenvalue weighted by Crippen LogP contribution is -2.43. The molecule has 1 fully saturated rings. The Balaban J connectivity index is 1.25. The van der Waals surface area contributed by atoms with E-state index in [1.807, 2.05) is 0 Å². The Morgan fingerprint density at radius 3 is 2.61 bits per heavy atom. The Bertz CT molecular complexity index is 1990. The number of morpholine rings is 1. The fraction of sp³-hybridized carbons (Fsp3) is 0.207. The van der Waals surface area contributed by atoms with Crippen molar-refractivity contribution in [1.29, 1.82) is 0 Å². The molecule has 2 aromatic carbocycles.